The molecule has 0 saturated heterocycles. The van der Waals surface area contributed by atoms with Crippen molar-refractivity contribution in [1.29, 1.82) is 0 Å². The van der Waals surface area contributed by atoms with E-state index >= 15 is 0 Å². The fraction of sp³-hybridized carbons (Fsp3) is 0.222. The number of rotatable bonds is 6. The summed E-state index contributed by atoms with van der Waals surface area (Å²) < 4.78 is 31.5. The zero-order valence-corrected chi connectivity index (χ0v) is 14.1. The molecule has 0 spiro atoms. The summed E-state index contributed by atoms with van der Waals surface area (Å²) in [5.74, 6) is -4.19. The van der Waals surface area contributed by atoms with Crippen LogP contribution in [0.25, 0.3) is 0 Å². The first-order valence-electron chi connectivity index (χ1n) is 7.74. The Hall–Kier alpha value is -3.07. The van der Waals surface area contributed by atoms with E-state index in [2.05, 4.69) is 17.4 Å². The van der Waals surface area contributed by atoms with E-state index in [1.54, 1.807) is 12.1 Å². The van der Waals surface area contributed by atoms with E-state index in [0.717, 1.165) is 18.5 Å². The lowest BCUT2D eigenvalue weighted by molar-refractivity contribution is -0.344. The van der Waals surface area contributed by atoms with Gasteiger partial charge in [0.15, 0.2) is 0 Å². The SMILES string of the molecule is Nc1ccc(C(=O)[O-])cc1CNCCc1ccccc1.O=C([O-])C(F)(F)F. The zero-order valence-electron chi connectivity index (χ0n) is 14.1. The lowest BCUT2D eigenvalue weighted by atomic mass is 10.1. The van der Waals surface area contributed by atoms with Crippen LogP contribution in [-0.2, 0) is 17.8 Å². The second-order valence-electron chi connectivity index (χ2n) is 5.40. The van der Waals surface area contributed by atoms with Gasteiger partial charge in [0, 0.05) is 12.2 Å². The number of aliphatic carboxylic acids is 1. The van der Waals surface area contributed by atoms with Crippen molar-refractivity contribution in [2.24, 2.45) is 0 Å². The van der Waals surface area contributed by atoms with Crippen molar-refractivity contribution in [3.05, 3.63) is 65.2 Å². The third kappa shape index (κ3) is 8.23. The van der Waals surface area contributed by atoms with E-state index in [4.69, 9.17) is 15.6 Å². The number of anilines is 1. The van der Waals surface area contributed by atoms with Crippen molar-refractivity contribution in [3.63, 3.8) is 0 Å². The first kappa shape index (κ1) is 22.0. The Balaban J connectivity index is 0.000000445. The molecule has 9 heteroatoms. The number of alkyl halides is 3. The average Bonchev–Trinajstić information content (AvgIpc) is 2.60. The third-order valence-corrected chi connectivity index (χ3v) is 3.36. The van der Waals surface area contributed by atoms with Crippen LogP contribution in [0.3, 0.4) is 0 Å². The molecule has 27 heavy (non-hydrogen) atoms. The molecule has 0 unspecified atom stereocenters. The van der Waals surface area contributed by atoms with Gasteiger partial charge in [-0.05, 0) is 41.8 Å². The highest BCUT2D eigenvalue weighted by Gasteiger charge is 2.28. The molecule has 3 N–H and O–H groups in total. The lowest BCUT2D eigenvalue weighted by Crippen LogP contribution is -2.37. The van der Waals surface area contributed by atoms with Gasteiger partial charge < -0.3 is 30.9 Å². The number of carboxylic acids is 2. The predicted molar refractivity (Wildman–Crippen MR) is 88.1 cm³/mol. The highest BCUT2D eigenvalue weighted by Crippen LogP contribution is 2.14. The molecule has 2 aromatic carbocycles. The summed E-state index contributed by atoms with van der Waals surface area (Å²) in [5.41, 5.74) is 8.61. The van der Waals surface area contributed by atoms with Crippen molar-refractivity contribution < 1.29 is 33.0 Å². The largest absolute Gasteiger partial charge is 0.545 e. The summed E-state index contributed by atoms with van der Waals surface area (Å²) in [6.45, 7) is 1.35. The number of hydrogen-bond acceptors (Lipinski definition) is 6. The Bertz CT molecular complexity index is 765. The van der Waals surface area contributed by atoms with E-state index in [1.807, 2.05) is 18.2 Å². The molecule has 2 rings (SSSR count). The minimum absolute atomic E-state index is 0.152. The van der Waals surface area contributed by atoms with Crippen LogP contribution in [-0.4, -0.2) is 24.7 Å². The molecule has 0 radical (unpaired) electrons. The van der Waals surface area contributed by atoms with Crippen molar-refractivity contribution in [2.45, 2.75) is 19.1 Å². The number of aromatic carboxylic acids is 1. The van der Waals surface area contributed by atoms with Gasteiger partial charge in [0.05, 0.1) is 5.97 Å². The number of carbonyl (C=O) groups is 2. The quantitative estimate of drug-likeness (QED) is 0.547. The first-order chi connectivity index (χ1) is 12.6. The van der Waals surface area contributed by atoms with Gasteiger partial charge in [0.1, 0.15) is 5.97 Å². The van der Waals surface area contributed by atoms with Crippen molar-refractivity contribution in [1.82, 2.24) is 5.32 Å². The Morgan fingerprint density at radius 3 is 2.15 bits per heavy atom. The van der Waals surface area contributed by atoms with Crippen LogP contribution in [0.4, 0.5) is 18.9 Å². The average molecular weight is 382 g/mol. The Labute approximate surface area is 153 Å². The van der Waals surface area contributed by atoms with E-state index in [0.29, 0.717) is 12.2 Å². The van der Waals surface area contributed by atoms with Crippen LogP contribution in [0, 0.1) is 0 Å². The van der Waals surface area contributed by atoms with E-state index in [9.17, 15) is 23.1 Å². The molecule has 0 fully saturated rings. The maximum atomic E-state index is 10.8. The van der Waals surface area contributed by atoms with Gasteiger partial charge in [0.2, 0.25) is 0 Å². The summed E-state index contributed by atoms with van der Waals surface area (Å²) >= 11 is 0. The Kier molecular flexibility index (Phi) is 8.28. The highest BCUT2D eigenvalue weighted by molar-refractivity contribution is 5.86. The Morgan fingerprint density at radius 2 is 1.63 bits per heavy atom. The molecule has 0 atom stereocenters. The summed E-state index contributed by atoms with van der Waals surface area (Å²) in [7, 11) is 0. The molecule has 6 nitrogen and oxygen atoms in total. The number of hydrogen-bond donors (Lipinski definition) is 2. The maximum absolute atomic E-state index is 10.8. The Morgan fingerprint density at radius 1 is 1.04 bits per heavy atom. The first-order valence-corrected chi connectivity index (χ1v) is 7.74. The number of nitrogens with one attached hydrogen (secondary N) is 1. The van der Waals surface area contributed by atoms with Crippen LogP contribution in [0.5, 0.6) is 0 Å². The predicted octanol–water partition coefficient (Wildman–Crippen LogP) is 0.263. The molecule has 0 aliphatic carbocycles. The fourth-order valence-electron chi connectivity index (χ4n) is 1.99. The fourth-order valence-corrected chi connectivity index (χ4v) is 1.99. The van der Waals surface area contributed by atoms with Gasteiger partial charge in [-0.1, -0.05) is 36.4 Å². The molecule has 0 aliphatic rings. The smallest absolute Gasteiger partial charge is 0.430 e. The van der Waals surface area contributed by atoms with Crippen molar-refractivity contribution >= 4 is 17.6 Å². The topological polar surface area (TPSA) is 118 Å². The molecule has 0 saturated carbocycles. The number of halogens is 3. The van der Waals surface area contributed by atoms with Gasteiger partial charge in [0.25, 0.3) is 0 Å². The van der Waals surface area contributed by atoms with Gasteiger partial charge >= 0.3 is 6.18 Å². The highest BCUT2D eigenvalue weighted by atomic mass is 19.4. The molecule has 0 aromatic heterocycles. The maximum Gasteiger partial charge on any atom is 0.430 e. The van der Waals surface area contributed by atoms with Crippen LogP contribution in [0.1, 0.15) is 21.5 Å². The third-order valence-electron chi connectivity index (χ3n) is 3.36. The van der Waals surface area contributed by atoms with Gasteiger partial charge in [-0.25, -0.2) is 0 Å². The molecular formula is C18H17F3N2O4-2. The van der Waals surface area contributed by atoms with Crippen LogP contribution < -0.4 is 21.3 Å². The number of carboxylic acid groups (broad SMARTS) is 2. The van der Waals surface area contributed by atoms with Crippen molar-refractivity contribution in [3.8, 4) is 0 Å². The summed E-state index contributed by atoms with van der Waals surface area (Å²) in [6, 6.07) is 14.8. The number of benzene rings is 2. The summed E-state index contributed by atoms with van der Waals surface area (Å²) in [5, 5.41) is 22.9. The normalized spacial score (nSPS) is 10.6. The second kappa shape index (κ2) is 10.2. The molecule has 0 bridgehead atoms. The minimum Gasteiger partial charge on any atom is -0.545 e. The molecular weight excluding hydrogens is 365 g/mol. The summed E-state index contributed by atoms with van der Waals surface area (Å²) in [4.78, 5) is 19.6. The number of carbonyl (C=O) groups excluding carboxylic acids is 2. The molecule has 2 aromatic rings. The van der Waals surface area contributed by atoms with Crippen molar-refractivity contribution in [2.75, 3.05) is 12.3 Å². The molecule has 0 amide bonds. The lowest BCUT2D eigenvalue weighted by Gasteiger charge is -2.10. The molecule has 0 heterocycles. The zero-order chi connectivity index (χ0) is 20.4. The minimum atomic E-state index is -5.19. The van der Waals surface area contributed by atoms with E-state index in [-0.39, 0.29) is 5.56 Å². The van der Waals surface area contributed by atoms with Crippen LogP contribution in [0.2, 0.25) is 0 Å². The van der Waals surface area contributed by atoms with Crippen LogP contribution >= 0.6 is 0 Å². The standard InChI is InChI=1S/C16H18N2O2.C2HF3O2/c17-15-7-6-13(16(19)20)10-14(15)11-18-9-8-12-4-2-1-3-5-12;3-2(4,5)1(6)7/h1-7,10,18H,8-9,11,17H2,(H,19,20);(H,6,7)/p-2. The monoisotopic (exact) mass is 382 g/mol. The van der Waals surface area contributed by atoms with E-state index in [1.165, 1.54) is 11.6 Å². The second-order valence-corrected chi connectivity index (χ2v) is 5.40. The van der Waals surface area contributed by atoms with Crippen LogP contribution in [0.15, 0.2) is 48.5 Å². The summed E-state index contributed by atoms with van der Waals surface area (Å²) in [6.07, 6.45) is -4.28. The number of nitrogens with two attached hydrogens (primary N) is 1. The number of nitrogen functional groups attached to an aromatic ring is 1. The molecule has 0 aliphatic heterocycles. The van der Waals surface area contributed by atoms with Gasteiger partial charge in [-0.2, -0.15) is 13.2 Å². The van der Waals surface area contributed by atoms with Gasteiger partial charge in [-0.3, -0.25) is 0 Å². The van der Waals surface area contributed by atoms with E-state index < -0.39 is 18.1 Å². The molecule has 146 valence electrons. The van der Waals surface area contributed by atoms with Gasteiger partial charge in [-0.15, -0.1) is 0 Å².